The van der Waals surface area contributed by atoms with Gasteiger partial charge in [-0.3, -0.25) is 4.72 Å². The van der Waals surface area contributed by atoms with E-state index in [0.29, 0.717) is 28.7 Å². The highest BCUT2D eigenvalue weighted by molar-refractivity contribution is 7.93. The van der Waals surface area contributed by atoms with Crippen LogP contribution in [0.3, 0.4) is 0 Å². The molecule has 0 aliphatic heterocycles. The van der Waals surface area contributed by atoms with Crippen molar-refractivity contribution in [3.63, 3.8) is 0 Å². The zero-order valence-corrected chi connectivity index (χ0v) is 21.1. The van der Waals surface area contributed by atoms with Crippen molar-refractivity contribution in [2.75, 3.05) is 11.8 Å². The van der Waals surface area contributed by atoms with Gasteiger partial charge in [0.05, 0.1) is 12.0 Å². The van der Waals surface area contributed by atoms with Gasteiger partial charge in [0.15, 0.2) is 0 Å². The molecular formula is C23H24N4O6S2. The molecule has 0 bridgehead atoms. The van der Waals surface area contributed by atoms with E-state index in [9.17, 15) is 8.42 Å². The van der Waals surface area contributed by atoms with Crippen molar-refractivity contribution < 1.29 is 27.0 Å². The van der Waals surface area contributed by atoms with Crippen LogP contribution in [0.25, 0.3) is 0 Å². The highest BCUT2D eigenvalue weighted by Crippen LogP contribution is 2.27. The minimum absolute atomic E-state index is 0.0824. The van der Waals surface area contributed by atoms with Crippen molar-refractivity contribution in [3.8, 4) is 23.3 Å². The topological polar surface area (TPSA) is 126 Å². The number of oxazole rings is 1. The molecular weight excluding hydrogens is 492 g/mol. The Bertz CT molecular complexity index is 1380. The second-order valence-electron chi connectivity index (χ2n) is 7.73. The summed E-state index contributed by atoms with van der Waals surface area (Å²) in [5, 5.41) is 8.87. The van der Waals surface area contributed by atoms with Gasteiger partial charge in [0.2, 0.25) is 5.13 Å². The summed E-state index contributed by atoms with van der Waals surface area (Å²) < 4.78 is 49.8. The van der Waals surface area contributed by atoms with Crippen LogP contribution in [0.5, 0.6) is 23.3 Å². The predicted molar refractivity (Wildman–Crippen MR) is 130 cm³/mol. The number of hydrogen-bond acceptors (Lipinski definition) is 10. The molecule has 0 saturated heterocycles. The lowest BCUT2D eigenvalue weighted by Crippen LogP contribution is -2.12. The molecule has 12 heteroatoms. The first-order valence-corrected chi connectivity index (χ1v) is 12.9. The fourth-order valence-corrected chi connectivity index (χ4v) is 4.85. The van der Waals surface area contributed by atoms with Crippen LogP contribution in [0.1, 0.15) is 36.2 Å². The number of aryl methyl sites for hydroxylation is 1. The lowest BCUT2D eigenvalue weighted by Gasteiger charge is -2.07. The van der Waals surface area contributed by atoms with Crippen LogP contribution in [0.15, 0.2) is 57.8 Å². The molecule has 35 heavy (non-hydrogen) atoms. The molecule has 0 spiro atoms. The molecule has 4 aromatic rings. The van der Waals surface area contributed by atoms with Gasteiger partial charge in [-0.1, -0.05) is 25.2 Å². The zero-order valence-electron chi connectivity index (χ0n) is 19.5. The van der Waals surface area contributed by atoms with Gasteiger partial charge in [-0.25, -0.2) is 8.42 Å². The maximum Gasteiger partial charge on any atom is 0.399 e. The molecule has 0 aliphatic rings. The number of sulfonamides is 1. The van der Waals surface area contributed by atoms with E-state index in [1.54, 1.807) is 50.4 Å². The van der Waals surface area contributed by atoms with E-state index in [1.165, 1.54) is 23.5 Å². The molecule has 184 valence electrons. The fourth-order valence-electron chi connectivity index (χ4n) is 2.87. The van der Waals surface area contributed by atoms with Crippen molar-refractivity contribution in [1.82, 2.24) is 15.2 Å². The minimum atomic E-state index is -3.80. The molecule has 0 atom stereocenters. The van der Waals surface area contributed by atoms with Gasteiger partial charge in [0, 0.05) is 5.92 Å². The number of anilines is 1. The van der Waals surface area contributed by atoms with Gasteiger partial charge in [-0.05, 0) is 55.5 Å². The normalized spacial score (nSPS) is 11.5. The van der Waals surface area contributed by atoms with Gasteiger partial charge in [-0.15, -0.1) is 10.2 Å². The Balaban J connectivity index is 1.36. The molecule has 0 amide bonds. The number of rotatable bonds is 10. The number of nitrogens with one attached hydrogen (secondary N) is 1. The third-order valence-electron chi connectivity index (χ3n) is 4.80. The van der Waals surface area contributed by atoms with Crippen LogP contribution < -0.4 is 18.9 Å². The SMILES string of the molecule is COc1ccc(Oc2nc(COc3ccc(S(=O)(=O)Nc4nnc(C(C)C)s4)cc3)c(C)o2)cc1. The van der Waals surface area contributed by atoms with Crippen LogP contribution in [-0.2, 0) is 16.6 Å². The molecule has 2 aromatic heterocycles. The Hall–Kier alpha value is -3.64. The van der Waals surface area contributed by atoms with Crippen molar-refractivity contribution in [3.05, 3.63) is 65.0 Å². The number of benzene rings is 2. The molecule has 0 radical (unpaired) electrons. The molecule has 0 aliphatic carbocycles. The summed E-state index contributed by atoms with van der Waals surface area (Å²) in [5.41, 5.74) is 0.559. The average molecular weight is 517 g/mol. The summed E-state index contributed by atoms with van der Waals surface area (Å²) in [6.45, 7) is 5.81. The maximum atomic E-state index is 12.6. The lowest BCUT2D eigenvalue weighted by atomic mass is 10.2. The quantitative estimate of drug-likeness (QED) is 0.305. The summed E-state index contributed by atoms with van der Waals surface area (Å²) in [5.74, 6) is 2.46. The monoisotopic (exact) mass is 516 g/mol. The first kappa shape index (κ1) is 24.5. The predicted octanol–water partition coefficient (Wildman–Crippen LogP) is 5.14. The van der Waals surface area contributed by atoms with Crippen LogP contribution in [-0.4, -0.2) is 30.7 Å². The smallest absolute Gasteiger partial charge is 0.399 e. The highest BCUT2D eigenvalue weighted by Gasteiger charge is 2.18. The average Bonchev–Trinajstić information content (AvgIpc) is 3.44. The number of methoxy groups -OCH3 is 1. The second kappa shape index (κ2) is 10.3. The lowest BCUT2D eigenvalue weighted by molar-refractivity contribution is 0.299. The zero-order chi connectivity index (χ0) is 25.0. The molecule has 0 unspecified atom stereocenters. The summed E-state index contributed by atoms with van der Waals surface area (Å²) in [4.78, 5) is 4.40. The molecule has 10 nitrogen and oxygen atoms in total. The van der Waals surface area contributed by atoms with Gasteiger partial charge in [0.25, 0.3) is 10.0 Å². The third-order valence-corrected chi connectivity index (χ3v) is 7.43. The standard InChI is InChI=1S/C23H24N4O6S2/c1-14(2)21-25-26-22(34-21)27-35(28,29)19-11-9-17(10-12-19)31-13-20-15(3)32-23(24-20)33-18-7-5-16(30-4)6-8-18/h5-12,14H,13H2,1-4H3,(H,26,27). The van der Waals surface area contributed by atoms with E-state index in [1.807, 2.05) is 13.8 Å². The Kier molecular flexibility index (Phi) is 7.22. The van der Waals surface area contributed by atoms with Crippen molar-refractivity contribution >= 4 is 26.5 Å². The largest absolute Gasteiger partial charge is 0.497 e. The summed E-state index contributed by atoms with van der Waals surface area (Å²) in [6, 6.07) is 13.1. The minimum Gasteiger partial charge on any atom is -0.497 e. The Morgan fingerprint density at radius 2 is 1.66 bits per heavy atom. The summed E-state index contributed by atoms with van der Waals surface area (Å²) in [7, 11) is -2.21. The van der Waals surface area contributed by atoms with Gasteiger partial charge < -0.3 is 18.6 Å². The van der Waals surface area contributed by atoms with E-state index in [2.05, 4.69) is 19.9 Å². The summed E-state index contributed by atoms with van der Waals surface area (Å²) in [6.07, 6.45) is 0.0936. The van der Waals surface area contributed by atoms with Gasteiger partial charge in [0.1, 0.15) is 40.3 Å². The van der Waals surface area contributed by atoms with Crippen molar-refractivity contribution in [2.24, 2.45) is 0 Å². The molecule has 4 rings (SSSR count). The Labute approximate surface area is 207 Å². The second-order valence-corrected chi connectivity index (χ2v) is 10.4. The Morgan fingerprint density at radius 1 is 1.00 bits per heavy atom. The van der Waals surface area contributed by atoms with Crippen LogP contribution in [0.4, 0.5) is 5.13 Å². The van der Waals surface area contributed by atoms with Crippen LogP contribution in [0.2, 0.25) is 0 Å². The number of aromatic nitrogens is 3. The maximum absolute atomic E-state index is 12.6. The first-order valence-electron chi connectivity index (χ1n) is 10.6. The first-order chi connectivity index (χ1) is 16.7. The van der Waals surface area contributed by atoms with E-state index >= 15 is 0 Å². The van der Waals surface area contributed by atoms with Crippen LogP contribution in [0, 0.1) is 6.92 Å². The number of nitrogens with zero attached hydrogens (tertiary/aromatic N) is 3. The number of ether oxygens (including phenoxy) is 3. The van der Waals surface area contributed by atoms with E-state index in [4.69, 9.17) is 18.6 Å². The van der Waals surface area contributed by atoms with Gasteiger partial charge >= 0.3 is 6.08 Å². The van der Waals surface area contributed by atoms with Crippen molar-refractivity contribution in [2.45, 2.75) is 38.2 Å². The van der Waals surface area contributed by atoms with Crippen molar-refractivity contribution in [1.29, 1.82) is 0 Å². The Morgan fingerprint density at radius 3 is 2.29 bits per heavy atom. The molecule has 0 fully saturated rings. The number of hydrogen-bond donors (Lipinski definition) is 1. The van der Waals surface area contributed by atoms with Crippen LogP contribution >= 0.6 is 11.3 Å². The van der Waals surface area contributed by atoms with E-state index in [-0.39, 0.29) is 28.6 Å². The van der Waals surface area contributed by atoms with E-state index < -0.39 is 10.0 Å². The molecule has 2 aromatic carbocycles. The van der Waals surface area contributed by atoms with E-state index in [0.717, 1.165) is 5.01 Å². The van der Waals surface area contributed by atoms with Gasteiger partial charge in [-0.2, -0.15) is 4.98 Å². The summed E-state index contributed by atoms with van der Waals surface area (Å²) >= 11 is 1.21. The third kappa shape index (κ3) is 6.08. The molecule has 1 N–H and O–H groups in total. The fraction of sp³-hybridized carbons (Fsp3) is 0.261. The molecule has 2 heterocycles. The molecule has 0 saturated carbocycles. The highest BCUT2D eigenvalue weighted by atomic mass is 32.2.